The highest BCUT2D eigenvalue weighted by Gasteiger charge is 2.23. The van der Waals surface area contributed by atoms with Gasteiger partial charge >= 0.3 is 0 Å². The van der Waals surface area contributed by atoms with Gasteiger partial charge < -0.3 is 9.47 Å². The Hall–Kier alpha value is -1.20. The maximum Gasteiger partial charge on any atom is 0.232 e. The third kappa shape index (κ3) is 3.92. The summed E-state index contributed by atoms with van der Waals surface area (Å²) in [4.78, 5) is 10.8. The zero-order chi connectivity index (χ0) is 12.8. The molecule has 1 aromatic rings. The predicted octanol–water partition coefficient (Wildman–Crippen LogP) is 1.27. The number of likely N-dealkylation sites (tertiary alicyclic amines) is 1. The van der Waals surface area contributed by atoms with E-state index in [1.165, 1.54) is 0 Å². The summed E-state index contributed by atoms with van der Waals surface area (Å²) < 4.78 is 11.2. The molecule has 100 valence electrons. The van der Waals surface area contributed by atoms with Gasteiger partial charge in [0.25, 0.3) is 0 Å². The van der Waals surface area contributed by atoms with Crippen molar-refractivity contribution in [1.29, 1.82) is 0 Å². The van der Waals surface area contributed by atoms with Crippen LogP contribution < -0.4 is 4.74 Å². The van der Waals surface area contributed by atoms with E-state index in [0.29, 0.717) is 5.88 Å². The van der Waals surface area contributed by atoms with E-state index in [0.717, 1.165) is 45.0 Å². The molecule has 2 rings (SSSR count). The fourth-order valence-corrected chi connectivity index (χ4v) is 2.05. The Balaban J connectivity index is 1.73. The van der Waals surface area contributed by atoms with Gasteiger partial charge in [0.2, 0.25) is 5.88 Å². The second-order valence-corrected chi connectivity index (χ2v) is 4.52. The molecule has 0 N–H and O–H groups in total. The molecule has 0 saturated carbocycles. The van der Waals surface area contributed by atoms with Crippen molar-refractivity contribution in [2.24, 2.45) is 0 Å². The van der Waals surface area contributed by atoms with Crippen molar-refractivity contribution in [1.82, 2.24) is 14.9 Å². The molecule has 1 fully saturated rings. The number of hydrogen-bond donors (Lipinski definition) is 0. The lowest BCUT2D eigenvalue weighted by molar-refractivity contribution is 0.115. The molecule has 0 aromatic carbocycles. The summed E-state index contributed by atoms with van der Waals surface area (Å²) in [5, 5.41) is 0. The van der Waals surface area contributed by atoms with Crippen molar-refractivity contribution in [2.75, 3.05) is 32.8 Å². The van der Waals surface area contributed by atoms with Crippen LogP contribution in [-0.2, 0) is 4.74 Å². The van der Waals surface area contributed by atoms with Crippen LogP contribution >= 0.6 is 0 Å². The first kappa shape index (κ1) is 13.2. The number of rotatable bonds is 6. The predicted molar refractivity (Wildman–Crippen MR) is 68.7 cm³/mol. The van der Waals surface area contributed by atoms with E-state index >= 15 is 0 Å². The molecule has 0 amide bonds. The number of nitrogens with zero attached hydrogens (tertiary/aromatic N) is 3. The minimum atomic E-state index is 0.226. The summed E-state index contributed by atoms with van der Waals surface area (Å²) in [5.74, 6) is 0.622. The molecule has 5 heteroatoms. The van der Waals surface area contributed by atoms with Crippen LogP contribution in [0.1, 0.15) is 19.0 Å². The summed E-state index contributed by atoms with van der Waals surface area (Å²) in [6.07, 6.45) is 4.69. The Morgan fingerprint density at radius 1 is 1.39 bits per heavy atom. The maximum atomic E-state index is 5.81. The zero-order valence-electron chi connectivity index (χ0n) is 11.1. The van der Waals surface area contributed by atoms with Gasteiger partial charge in [0, 0.05) is 26.2 Å². The molecule has 1 aromatic heterocycles. The average Bonchev–Trinajstić information content (AvgIpc) is 2.80. The zero-order valence-corrected chi connectivity index (χ0v) is 11.1. The summed E-state index contributed by atoms with van der Waals surface area (Å²) in [5.41, 5.74) is 0.909. The van der Waals surface area contributed by atoms with E-state index in [4.69, 9.17) is 9.47 Å². The molecule has 1 atom stereocenters. The van der Waals surface area contributed by atoms with Gasteiger partial charge in [-0.2, -0.15) is 0 Å². The molecule has 0 bridgehead atoms. The number of aryl methyl sites for hydroxylation is 1. The molecule has 1 saturated heterocycles. The highest BCUT2D eigenvalue weighted by atomic mass is 16.5. The smallest absolute Gasteiger partial charge is 0.232 e. The first-order valence-corrected chi connectivity index (χ1v) is 6.53. The van der Waals surface area contributed by atoms with Crippen LogP contribution in [0.4, 0.5) is 0 Å². The molecule has 0 spiro atoms. The van der Waals surface area contributed by atoms with Gasteiger partial charge in [0.05, 0.1) is 24.7 Å². The van der Waals surface area contributed by atoms with Crippen molar-refractivity contribution in [3.05, 3.63) is 18.1 Å². The molecule has 2 heterocycles. The van der Waals surface area contributed by atoms with Crippen LogP contribution in [0, 0.1) is 6.92 Å². The SMILES string of the molecule is CCOCCN1CC[C@H](Oc2cnc(C)cn2)C1. The second kappa shape index (κ2) is 6.66. The van der Waals surface area contributed by atoms with Crippen LogP contribution in [0.25, 0.3) is 0 Å². The van der Waals surface area contributed by atoms with Gasteiger partial charge in [-0.3, -0.25) is 9.88 Å². The summed E-state index contributed by atoms with van der Waals surface area (Å²) in [6, 6.07) is 0. The molecule has 18 heavy (non-hydrogen) atoms. The molecular formula is C13H21N3O2. The lowest BCUT2D eigenvalue weighted by Crippen LogP contribution is -2.28. The van der Waals surface area contributed by atoms with Gasteiger partial charge in [-0.25, -0.2) is 4.98 Å². The first-order chi connectivity index (χ1) is 8.78. The molecule has 0 unspecified atom stereocenters. The molecule has 1 aliphatic heterocycles. The van der Waals surface area contributed by atoms with Crippen LogP contribution in [-0.4, -0.2) is 53.8 Å². The quantitative estimate of drug-likeness (QED) is 0.713. The maximum absolute atomic E-state index is 5.81. The minimum Gasteiger partial charge on any atom is -0.472 e. The van der Waals surface area contributed by atoms with Gasteiger partial charge in [0.15, 0.2) is 0 Å². The fraction of sp³-hybridized carbons (Fsp3) is 0.692. The van der Waals surface area contributed by atoms with Crippen molar-refractivity contribution >= 4 is 0 Å². The second-order valence-electron chi connectivity index (χ2n) is 4.52. The Kier molecular flexibility index (Phi) is 4.90. The van der Waals surface area contributed by atoms with Crippen molar-refractivity contribution in [3.8, 4) is 5.88 Å². The minimum absolute atomic E-state index is 0.226. The monoisotopic (exact) mass is 251 g/mol. The van der Waals surface area contributed by atoms with Gasteiger partial charge in [-0.1, -0.05) is 0 Å². The molecular weight excluding hydrogens is 230 g/mol. The lowest BCUT2D eigenvalue weighted by Gasteiger charge is -2.16. The molecule has 1 aliphatic rings. The third-order valence-electron chi connectivity index (χ3n) is 3.03. The average molecular weight is 251 g/mol. The Labute approximate surface area is 108 Å². The molecule has 0 radical (unpaired) electrons. The van der Waals surface area contributed by atoms with Crippen LogP contribution in [0.15, 0.2) is 12.4 Å². The van der Waals surface area contributed by atoms with E-state index in [2.05, 4.69) is 14.9 Å². The van der Waals surface area contributed by atoms with E-state index in [1.807, 2.05) is 13.8 Å². The third-order valence-corrected chi connectivity index (χ3v) is 3.03. The van der Waals surface area contributed by atoms with Crippen molar-refractivity contribution in [2.45, 2.75) is 26.4 Å². The van der Waals surface area contributed by atoms with Crippen LogP contribution in [0.5, 0.6) is 5.88 Å². The normalized spacial score (nSPS) is 20.2. The van der Waals surface area contributed by atoms with E-state index < -0.39 is 0 Å². The number of hydrogen-bond acceptors (Lipinski definition) is 5. The largest absolute Gasteiger partial charge is 0.472 e. The van der Waals surface area contributed by atoms with Crippen molar-refractivity contribution < 1.29 is 9.47 Å². The van der Waals surface area contributed by atoms with Crippen LogP contribution in [0.2, 0.25) is 0 Å². The fourth-order valence-electron chi connectivity index (χ4n) is 2.05. The Morgan fingerprint density at radius 3 is 3.00 bits per heavy atom. The lowest BCUT2D eigenvalue weighted by atomic mass is 10.3. The van der Waals surface area contributed by atoms with Crippen LogP contribution in [0.3, 0.4) is 0 Å². The van der Waals surface area contributed by atoms with E-state index in [-0.39, 0.29) is 6.10 Å². The number of ether oxygens (including phenoxy) is 2. The molecule has 0 aliphatic carbocycles. The van der Waals surface area contributed by atoms with Gasteiger partial charge in [-0.05, 0) is 20.3 Å². The standard InChI is InChI=1S/C13H21N3O2/c1-3-17-7-6-16-5-4-12(10-16)18-13-9-14-11(2)8-15-13/h8-9,12H,3-7,10H2,1-2H3/t12-/m0/s1. The highest BCUT2D eigenvalue weighted by molar-refractivity contribution is 5.06. The van der Waals surface area contributed by atoms with Crippen molar-refractivity contribution in [3.63, 3.8) is 0 Å². The van der Waals surface area contributed by atoms with Gasteiger partial charge in [-0.15, -0.1) is 0 Å². The summed E-state index contributed by atoms with van der Waals surface area (Å²) in [6.45, 7) is 8.51. The van der Waals surface area contributed by atoms with E-state index in [9.17, 15) is 0 Å². The Morgan fingerprint density at radius 2 is 2.28 bits per heavy atom. The topological polar surface area (TPSA) is 47.5 Å². The van der Waals surface area contributed by atoms with Gasteiger partial charge in [0.1, 0.15) is 6.10 Å². The Bertz CT molecular complexity index is 356. The molecule has 5 nitrogen and oxygen atoms in total. The van der Waals surface area contributed by atoms with E-state index in [1.54, 1.807) is 12.4 Å². The number of aromatic nitrogens is 2. The first-order valence-electron chi connectivity index (χ1n) is 6.53. The summed E-state index contributed by atoms with van der Waals surface area (Å²) >= 11 is 0. The summed E-state index contributed by atoms with van der Waals surface area (Å²) in [7, 11) is 0. The highest BCUT2D eigenvalue weighted by Crippen LogP contribution is 2.15.